The first-order chi connectivity index (χ1) is 10.9. The number of nitrogens with zero attached hydrogens (tertiary/aromatic N) is 1. The molecule has 1 aromatic carbocycles. The van der Waals surface area contributed by atoms with Crippen LogP contribution in [0.15, 0.2) is 36.5 Å². The highest BCUT2D eigenvalue weighted by Gasteiger charge is 2.18. The van der Waals surface area contributed by atoms with Crippen molar-refractivity contribution in [2.24, 2.45) is 0 Å². The highest BCUT2D eigenvalue weighted by molar-refractivity contribution is 5.95. The molecule has 0 bridgehead atoms. The Kier molecular flexibility index (Phi) is 4.95. The molecule has 0 saturated heterocycles. The van der Waals surface area contributed by atoms with Crippen LogP contribution in [0.25, 0.3) is 0 Å². The van der Waals surface area contributed by atoms with Gasteiger partial charge in [-0.3, -0.25) is 4.79 Å². The largest absolute Gasteiger partial charge is 0.618 e. The summed E-state index contributed by atoms with van der Waals surface area (Å²) in [5.41, 5.74) is 3.51. The molecule has 0 aliphatic carbocycles. The van der Waals surface area contributed by atoms with Crippen molar-refractivity contribution in [3.05, 3.63) is 64.1 Å². The lowest BCUT2D eigenvalue weighted by atomic mass is 10.1. The number of aryl methyl sites for hydroxylation is 3. The number of nitrogens with one attached hydrogen (secondary N) is 1. The Bertz CT molecular complexity index is 733. The van der Waals surface area contributed by atoms with Crippen molar-refractivity contribution in [1.29, 1.82) is 0 Å². The van der Waals surface area contributed by atoms with Crippen LogP contribution in [0.2, 0.25) is 0 Å². The molecule has 0 radical (unpaired) electrons. The Morgan fingerprint density at radius 1 is 1.17 bits per heavy atom. The predicted molar refractivity (Wildman–Crippen MR) is 85.0 cm³/mol. The second-order valence-electron chi connectivity index (χ2n) is 5.31. The van der Waals surface area contributed by atoms with E-state index in [2.05, 4.69) is 5.32 Å². The van der Waals surface area contributed by atoms with E-state index in [1.54, 1.807) is 6.07 Å². The molecule has 0 unspecified atom stereocenters. The Morgan fingerprint density at radius 2 is 1.83 bits per heavy atom. The Morgan fingerprint density at radius 3 is 2.43 bits per heavy atom. The molecule has 0 atom stereocenters. The Balaban J connectivity index is 1.99. The number of carbonyl (C=O) groups excluding carboxylic acids is 2. The number of hydrogen-bond acceptors (Lipinski definition) is 4. The highest BCUT2D eigenvalue weighted by Crippen LogP contribution is 2.21. The first kappa shape index (κ1) is 16.5. The molecular weight excluding hydrogens is 296 g/mol. The number of benzene rings is 1. The van der Waals surface area contributed by atoms with Crippen molar-refractivity contribution < 1.29 is 19.1 Å². The molecule has 6 heteroatoms. The lowest BCUT2D eigenvalue weighted by Gasteiger charge is -2.12. The number of aromatic nitrogens is 1. The maximum Gasteiger partial charge on any atom is 0.405 e. The minimum atomic E-state index is -0.840. The molecule has 2 rings (SSSR count). The molecule has 6 nitrogen and oxygen atoms in total. The molecule has 1 heterocycles. The minimum Gasteiger partial charge on any atom is -0.618 e. The van der Waals surface area contributed by atoms with Crippen LogP contribution in [0.4, 0.5) is 5.69 Å². The zero-order valence-electron chi connectivity index (χ0n) is 13.3. The fourth-order valence-electron chi connectivity index (χ4n) is 2.34. The van der Waals surface area contributed by atoms with Gasteiger partial charge in [-0.25, -0.2) is 4.79 Å². The molecule has 0 spiro atoms. The van der Waals surface area contributed by atoms with Gasteiger partial charge in [-0.2, -0.15) is 4.73 Å². The third kappa shape index (κ3) is 4.06. The average molecular weight is 314 g/mol. The van der Waals surface area contributed by atoms with Gasteiger partial charge in [-0.15, -0.1) is 0 Å². The average Bonchev–Trinajstić information content (AvgIpc) is 2.49. The van der Waals surface area contributed by atoms with E-state index in [0.29, 0.717) is 10.4 Å². The monoisotopic (exact) mass is 314 g/mol. The highest BCUT2D eigenvalue weighted by atomic mass is 16.5. The third-order valence-corrected chi connectivity index (χ3v) is 3.31. The number of pyridine rings is 1. The van der Waals surface area contributed by atoms with Crippen molar-refractivity contribution in [3.8, 4) is 0 Å². The van der Waals surface area contributed by atoms with Crippen LogP contribution in [0.1, 0.15) is 27.2 Å². The molecule has 0 aliphatic heterocycles. The van der Waals surface area contributed by atoms with Gasteiger partial charge >= 0.3 is 11.7 Å². The SMILES string of the molecule is Cc1cc(C)c(NC(=O)COC(=O)c2cccc[n+]2[O-])c(C)c1. The van der Waals surface area contributed by atoms with E-state index in [9.17, 15) is 14.8 Å². The number of ether oxygens (including phenoxy) is 1. The number of amides is 1. The smallest absolute Gasteiger partial charge is 0.405 e. The van der Waals surface area contributed by atoms with Crippen LogP contribution >= 0.6 is 0 Å². The molecule has 23 heavy (non-hydrogen) atoms. The topological polar surface area (TPSA) is 82.3 Å². The quantitative estimate of drug-likeness (QED) is 0.532. The van der Waals surface area contributed by atoms with Crippen molar-refractivity contribution in [2.45, 2.75) is 20.8 Å². The van der Waals surface area contributed by atoms with Gasteiger partial charge in [0.25, 0.3) is 5.91 Å². The van der Waals surface area contributed by atoms with Crippen LogP contribution in [0, 0.1) is 26.0 Å². The lowest BCUT2D eigenvalue weighted by Crippen LogP contribution is -2.35. The van der Waals surface area contributed by atoms with Gasteiger partial charge in [-0.1, -0.05) is 17.7 Å². The van der Waals surface area contributed by atoms with E-state index in [1.807, 2.05) is 32.9 Å². The fourth-order valence-corrected chi connectivity index (χ4v) is 2.34. The van der Waals surface area contributed by atoms with Gasteiger partial charge in [0.1, 0.15) is 0 Å². The summed E-state index contributed by atoms with van der Waals surface area (Å²) < 4.78 is 5.27. The minimum absolute atomic E-state index is 0.164. The van der Waals surface area contributed by atoms with Crippen molar-refractivity contribution in [2.75, 3.05) is 11.9 Å². The summed E-state index contributed by atoms with van der Waals surface area (Å²) in [5.74, 6) is -1.30. The van der Waals surface area contributed by atoms with Gasteiger partial charge < -0.3 is 15.3 Å². The van der Waals surface area contributed by atoms with Crippen LogP contribution in [-0.2, 0) is 9.53 Å². The molecule has 0 fully saturated rings. The van der Waals surface area contributed by atoms with E-state index >= 15 is 0 Å². The number of anilines is 1. The lowest BCUT2D eigenvalue weighted by molar-refractivity contribution is -0.608. The second kappa shape index (κ2) is 6.91. The second-order valence-corrected chi connectivity index (χ2v) is 5.31. The van der Waals surface area contributed by atoms with E-state index in [0.717, 1.165) is 16.7 Å². The van der Waals surface area contributed by atoms with E-state index < -0.39 is 18.5 Å². The van der Waals surface area contributed by atoms with Crippen molar-refractivity contribution in [1.82, 2.24) is 0 Å². The van der Waals surface area contributed by atoms with Crippen LogP contribution in [0.5, 0.6) is 0 Å². The molecule has 1 aromatic heterocycles. The maximum atomic E-state index is 11.9. The summed E-state index contributed by atoms with van der Waals surface area (Å²) in [7, 11) is 0. The van der Waals surface area contributed by atoms with Crippen LogP contribution in [-0.4, -0.2) is 18.5 Å². The molecule has 1 amide bonds. The molecule has 1 N–H and O–H groups in total. The molecule has 0 saturated carbocycles. The summed E-state index contributed by atoms with van der Waals surface area (Å²) in [5, 5.41) is 14.2. The standard InChI is InChI=1S/C17H18N2O4/c1-11-8-12(2)16(13(3)9-11)18-15(20)10-23-17(21)14-6-4-5-7-19(14)22/h4-9H,10H2,1-3H3,(H,18,20). The van der Waals surface area contributed by atoms with Gasteiger partial charge in [0.15, 0.2) is 12.8 Å². The van der Waals surface area contributed by atoms with Gasteiger partial charge in [-0.05, 0) is 38.0 Å². The number of hydrogen-bond donors (Lipinski definition) is 1. The van der Waals surface area contributed by atoms with Gasteiger partial charge in [0.2, 0.25) is 0 Å². The molecule has 0 aliphatic rings. The van der Waals surface area contributed by atoms with E-state index in [4.69, 9.17) is 4.74 Å². The zero-order valence-corrected chi connectivity index (χ0v) is 13.3. The van der Waals surface area contributed by atoms with Gasteiger partial charge in [0, 0.05) is 17.8 Å². The summed E-state index contributed by atoms with van der Waals surface area (Å²) in [6.45, 7) is 5.31. The summed E-state index contributed by atoms with van der Waals surface area (Å²) in [6.07, 6.45) is 1.19. The first-order valence-electron chi connectivity index (χ1n) is 7.11. The maximum absolute atomic E-state index is 11.9. The number of rotatable bonds is 4. The Labute approximate surface area is 134 Å². The normalized spacial score (nSPS) is 10.2. The van der Waals surface area contributed by atoms with Crippen molar-refractivity contribution in [3.63, 3.8) is 0 Å². The number of esters is 1. The third-order valence-electron chi connectivity index (χ3n) is 3.31. The van der Waals surface area contributed by atoms with E-state index in [1.165, 1.54) is 18.3 Å². The van der Waals surface area contributed by atoms with E-state index in [-0.39, 0.29) is 5.69 Å². The fraction of sp³-hybridized carbons (Fsp3) is 0.235. The van der Waals surface area contributed by atoms with Crippen LogP contribution in [0.3, 0.4) is 0 Å². The Hall–Kier alpha value is -2.89. The van der Waals surface area contributed by atoms with Crippen molar-refractivity contribution >= 4 is 17.6 Å². The summed E-state index contributed by atoms with van der Waals surface area (Å²) in [6, 6.07) is 8.29. The van der Waals surface area contributed by atoms with Gasteiger partial charge in [0.05, 0.1) is 0 Å². The summed E-state index contributed by atoms with van der Waals surface area (Å²) >= 11 is 0. The molecule has 120 valence electrons. The molecule has 2 aromatic rings. The van der Waals surface area contributed by atoms with Crippen LogP contribution < -0.4 is 10.0 Å². The first-order valence-corrected chi connectivity index (χ1v) is 7.11. The zero-order chi connectivity index (χ0) is 17.0. The molecular formula is C17H18N2O4. The summed E-state index contributed by atoms with van der Waals surface area (Å²) in [4.78, 5) is 23.7. The predicted octanol–water partition coefficient (Wildman–Crippen LogP) is 2.04. The number of carbonyl (C=O) groups is 2.